The zero-order valence-electron chi connectivity index (χ0n) is 13.2. The molecular formula is C13H21F3N2O4. The van der Waals surface area contributed by atoms with Crippen molar-refractivity contribution in [2.24, 2.45) is 0 Å². The minimum absolute atomic E-state index is 0.196. The molecule has 1 unspecified atom stereocenters. The van der Waals surface area contributed by atoms with Gasteiger partial charge in [-0.05, 0) is 27.7 Å². The summed E-state index contributed by atoms with van der Waals surface area (Å²) in [6, 6.07) is -1.10. The van der Waals surface area contributed by atoms with Crippen LogP contribution in [-0.2, 0) is 9.53 Å². The monoisotopic (exact) mass is 326 g/mol. The molecule has 2 amide bonds. The van der Waals surface area contributed by atoms with Crippen molar-refractivity contribution in [3.8, 4) is 0 Å². The number of rotatable bonds is 2. The van der Waals surface area contributed by atoms with Crippen molar-refractivity contribution in [3.63, 3.8) is 0 Å². The summed E-state index contributed by atoms with van der Waals surface area (Å²) < 4.78 is 42.3. The lowest BCUT2D eigenvalue weighted by Gasteiger charge is -2.51. The first-order valence-electron chi connectivity index (χ1n) is 6.72. The van der Waals surface area contributed by atoms with E-state index in [1.807, 2.05) is 0 Å². The summed E-state index contributed by atoms with van der Waals surface area (Å²) in [5.41, 5.74) is -2.30. The van der Waals surface area contributed by atoms with Crippen LogP contribution >= 0.6 is 0 Å². The van der Waals surface area contributed by atoms with E-state index in [1.165, 1.54) is 11.8 Å². The Hall–Kier alpha value is -1.51. The fraction of sp³-hybridized carbons (Fsp3) is 0.846. The average Bonchev–Trinajstić information content (AvgIpc) is 2.28. The predicted molar refractivity (Wildman–Crippen MR) is 71.0 cm³/mol. The molecule has 1 saturated heterocycles. The van der Waals surface area contributed by atoms with E-state index in [-0.39, 0.29) is 13.1 Å². The van der Waals surface area contributed by atoms with Gasteiger partial charge in [0.2, 0.25) is 0 Å². The highest BCUT2D eigenvalue weighted by molar-refractivity contribution is 5.82. The Morgan fingerprint density at radius 2 is 1.73 bits per heavy atom. The largest absolute Gasteiger partial charge is 0.471 e. The minimum Gasteiger partial charge on any atom is -0.444 e. The molecule has 1 aliphatic heterocycles. The van der Waals surface area contributed by atoms with Crippen molar-refractivity contribution >= 4 is 12.0 Å². The molecule has 128 valence electrons. The number of carbonyl (C=O) groups is 2. The molecule has 1 aliphatic rings. The first-order chi connectivity index (χ1) is 9.67. The molecule has 0 aliphatic carbocycles. The summed E-state index contributed by atoms with van der Waals surface area (Å²) in [7, 11) is 0.967. The van der Waals surface area contributed by atoms with Gasteiger partial charge in [0, 0.05) is 7.05 Å². The maximum absolute atomic E-state index is 12.4. The van der Waals surface area contributed by atoms with Crippen LogP contribution in [0.5, 0.6) is 0 Å². The normalized spacial score (nSPS) is 19.2. The molecule has 9 heteroatoms. The number of hydrogen-bond acceptors (Lipinski definition) is 4. The van der Waals surface area contributed by atoms with Crippen LogP contribution in [0, 0.1) is 0 Å². The highest BCUT2D eigenvalue weighted by Crippen LogP contribution is 2.30. The van der Waals surface area contributed by atoms with Crippen LogP contribution in [0.3, 0.4) is 0 Å². The van der Waals surface area contributed by atoms with Gasteiger partial charge in [-0.15, -0.1) is 0 Å². The third kappa shape index (κ3) is 4.02. The number of aliphatic hydroxyl groups is 1. The Morgan fingerprint density at radius 1 is 1.27 bits per heavy atom. The summed E-state index contributed by atoms with van der Waals surface area (Å²) in [6.45, 7) is 5.94. The van der Waals surface area contributed by atoms with E-state index < -0.39 is 35.4 Å². The van der Waals surface area contributed by atoms with E-state index in [2.05, 4.69) is 0 Å². The number of likely N-dealkylation sites (tertiary alicyclic amines) is 1. The number of carbonyl (C=O) groups excluding carboxylic acids is 2. The van der Waals surface area contributed by atoms with Crippen molar-refractivity contribution in [1.29, 1.82) is 0 Å². The topological polar surface area (TPSA) is 70.1 Å². The van der Waals surface area contributed by atoms with Gasteiger partial charge in [-0.25, -0.2) is 4.79 Å². The van der Waals surface area contributed by atoms with Crippen molar-refractivity contribution in [1.82, 2.24) is 9.80 Å². The van der Waals surface area contributed by atoms with Gasteiger partial charge in [0.25, 0.3) is 0 Å². The molecule has 0 aromatic heterocycles. The number of likely N-dealkylation sites (N-methyl/N-ethyl adjacent to an activating group) is 1. The van der Waals surface area contributed by atoms with Crippen LogP contribution in [0.2, 0.25) is 0 Å². The molecule has 22 heavy (non-hydrogen) atoms. The smallest absolute Gasteiger partial charge is 0.444 e. The number of alkyl halides is 3. The number of hydrogen-bond donors (Lipinski definition) is 1. The lowest BCUT2D eigenvalue weighted by molar-refractivity contribution is -0.196. The molecule has 6 nitrogen and oxygen atoms in total. The number of nitrogens with zero attached hydrogens (tertiary/aromatic N) is 2. The molecule has 0 aromatic rings. The van der Waals surface area contributed by atoms with Gasteiger partial charge in [-0.3, -0.25) is 4.79 Å². The van der Waals surface area contributed by atoms with Crippen molar-refractivity contribution in [3.05, 3.63) is 0 Å². The standard InChI is InChI=1S/C13H21F3N2O4/c1-8(17(5)9(19)13(14,15)16)12(21)6-18(7-12)10(20)22-11(2,3)4/h8,21H,6-7H2,1-5H3. The fourth-order valence-corrected chi connectivity index (χ4v) is 2.07. The van der Waals surface area contributed by atoms with Crippen molar-refractivity contribution in [2.45, 2.75) is 51.1 Å². The molecule has 1 atom stereocenters. The Balaban J connectivity index is 2.65. The van der Waals surface area contributed by atoms with E-state index in [9.17, 15) is 27.9 Å². The summed E-state index contributed by atoms with van der Waals surface area (Å²) in [5, 5.41) is 10.3. The third-order valence-electron chi connectivity index (χ3n) is 3.50. The van der Waals surface area contributed by atoms with E-state index in [1.54, 1.807) is 20.8 Å². The molecule has 0 aromatic carbocycles. The molecule has 1 rings (SSSR count). The summed E-state index contributed by atoms with van der Waals surface area (Å²) in [6.07, 6.45) is -5.66. The van der Waals surface area contributed by atoms with E-state index >= 15 is 0 Å². The van der Waals surface area contributed by atoms with Gasteiger partial charge in [0.05, 0.1) is 19.1 Å². The lowest BCUT2D eigenvalue weighted by Crippen LogP contribution is -2.72. The minimum atomic E-state index is -5.01. The van der Waals surface area contributed by atoms with Crippen LogP contribution in [0.4, 0.5) is 18.0 Å². The molecule has 0 radical (unpaired) electrons. The number of amides is 2. The van der Waals surface area contributed by atoms with Gasteiger partial charge >= 0.3 is 18.2 Å². The van der Waals surface area contributed by atoms with Crippen LogP contribution < -0.4 is 0 Å². The quantitative estimate of drug-likeness (QED) is 0.832. The highest BCUT2D eigenvalue weighted by atomic mass is 19.4. The maximum atomic E-state index is 12.4. The molecular weight excluding hydrogens is 305 g/mol. The first-order valence-corrected chi connectivity index (χ1v) is 6.72. The molecule has 1 heterocycles. The second-order valence-electron chi connectivity index (χ2n) is 6.53. The highest BCUT2D eigenvalue weighted by Gasteiger charge is 2.53. The van der Waals surface area contributed by atoms with Crippen LogP contribution in [0.1, 0.15) is 27.7 Å². The van der Waals surface area contributed by atoms with Crippen LogP contribution in [0.25, 0.3) is 0 Å². The zero-order valence-corrected chi connectivity index (χ0v) is 13.2. The van der Waals surface area contributed by atoms with E-state index in [4.69, 9.17) is 4.74 Å². The van der Waals surface area contributed by atoms with Crippen LogP contribution in [-0.4, -0.2) is 70.5 Å². The Morgan fingerprint density at radius 3 is 2.09 bits per heavy atom. The first kappa shape index (κ1) is 18.5. The molecule has 0 bridgehead atoms. The lowest BCUT2D eigenvalue weighted by atomic mass is 9.86. The number of ether oxygens (including phenoxy) is 1. The predicted octanol–water partition coefficient (Wildman–Crippen LogP) is 1.38. The van der Waals surface area contributed by atoms with Crippen molar-refractivity contribution in [2.75, 3.05) is 20.1 Å². The average molecular weight is 326 g/mol. The van der Waals surface area contributed by atoms with Gasteiger partial charge in [-0.1, -0.05) is 0 Å². The summed E-state index contributed by atoms with van der Waals surface area (Å²) >= 11 is 0. The number of halogens is 3. The molecule has 1 N–H and O–H groups in total. The summed E-state index contributed by atoms with van der Waals surface area (Å²) in [4.78, 5) is 24.5. The van der Waals surface area contributed by atoms with Gasteiger partial charge in [0.1, 0.15) is 11.2 Å². The molecule has 0 saturated carbocycles. The Bertz CT molecular complexity index is 453. The number of β-amino-alcohol motifs (C(OH)–C–C–N with tert-alkyl or cyclic N) is 1. The van der Waals surface area contributed by atoms with E-state index in [0.717, 1.165) is 7.05 Å². The fourth-order valence-electron chi connectivity index (χ4n) is 2.07. The second kappa shape index (κ2) is 5.60. The van der Waals surface area contributed by atoms with Gasteiger partial charge in [-0.2, -0.15) is 13.2 Å². The van der Waals surface area contributed by atoms with Crippen LogP contribution in [0.15, 0.2) is 0 Å². The molecule has 0 spiro atoms. The van der Waals surface area contributed by atoms with Gasteiger partial charge in [0.15, 0.2) is 0 Å². The summed E-state index contributed by atoms with van der Waals surface area (Å²) in [5.74, 6) is -2.04. The Labute approximate surface area is 126 Å². The third-order valence-corrected chi connectivity index (χ3v) is 3.50. The van der Waals surface area contributed by atoms with Gasteiger partial charge < -0.3 is 19.6 Å². The maximum Gasteiger partial charge on any atom is 0.471 e. The SMILES string of the molecule is CC(N(C)C(=O)C(F)(F)F)C1(O)CN(C(=O)OC(C)(C)C)C1. The Kier molecular flexibility index (Phi) is 4.72. The second-order valence-corrected chi connectivity index (χ2v) is 6.53. The molecule has 1 fully saturated rings. The zero-order chi connectivity index (χ0) is 17.5. The van der Waals surface area contributed by atoms with E-state index in [0.29, 0.717) is 4.90 Å². The van der Waals surface area contributed by atoms with Crippen molar-refractivity contribution < 1.29 is 32.6 Å².